The van der Waals surface area contributed by atoms with Crippen LogP contribution in [0.4, 0.5) is 4.79 Å². The molecule has 0 spiro atoms. The second-order valence-electron chi connectivity index (χ2n) is 8.78. The molecule has 1 saturated heterocycles. The summed E-state index contributed by atoms with van der Waals surface area (Å²) in [4.78, 5) is 14.1. The van der Waals surface area contributed by atoms with Gasteiger partial charge in [0.05, 0.1) is 13.2 Å². The zero-order valence-electron chi connectivity index (χ0n) is 18.3. The van der Waals surface area contributed by atoms with E-state index in [4.69, 9.17) is 9.47 Å². The van der Waals surface area contributed by atoms with Gasteiger partial charge in [-0.25, -0.2) is 4.79 Å². The third-order valence-corrected chi connectivity index (χ3v) is 4.39. The summed E-state index contributed by atoms with van der Waals surface area (Å²) in [6.45, 7) is 18.4. The van der Waals surface area contributed by atoms with Crippen molar-refractivity contribution in [3.63, 3.8) is 0 Å². The van der Waals surface area contributed by atoms with Crippen molar-refractivity contribution in [1.82, 2.24) is 20.9 Å². The molecule has 0 aliphatic carbocycles. The summed E-state index contributed by atoms with van der Waals surface area (Å²) in [5, 5.41) is 9.99. The number of amides is 1. The molecule has 1 heterocycles. The molecule has 0 radical (unpaired) electrons. The zero-order valence-corrected chi connectivity index (χ0v) is 18.3. The number of nitrogens with zero attached hydrogens (tertiary/aromatic N) is 1. The highest BCUT2D eigenvalue weighted by Crippen LogP contribution is 2.08. The third kappa shape index (κ3) is 13.0. The molecule has 1 fully saturated rings. The second-order valence-corrected chi connectivity index (χ2v) is 8.78. The standard InChI is InChI=1S/C20H42N4O3/c1-16(2)23-18(7-10-24-11-13-26-14-12-24)15-17(3)21-8-9-22-19(25)27-20(4,5)6/h16-18,21,23H,7-15H2,1-6H3,(H,22,25). The lowest BCUT2D eigenvalue weighted by molar-refractivity contribution is 0.0358. The van der Waals surface area contributed by atoms with E-state index in [1.165, 1.54) is 0 Å². The van der Waals surface area contributed by atoms with E-state index in [-0.39, 0.29) is 6.09 Å². The van der Waals surface area contributed by atoms with Crippen molar-refractivity contribution < 1.29 is 14.3 Å². The predicted molar refractivity (Wildman–Crippen MR) is 110 cm³/mol. The highest BCUT2D eigenvalue weighted by Gasteiger charge is 2.18. The van der Waals surface area contributed by atoms with Gasteiger partial charge in [0.25, 0.3) is 0 Å². The lowest BCUT2D eigenvalue weighted by Gasteiger charge is -2.30. The van der Waals surface area contributed by atoms with E-state index in [0.717, 1.165) is 52.2 Å². The molecule has 0 aromatic carbocycles. The fourth-order valence-corrected chi connectivity index (χ4v) is 3.21. The minimum absolute atomic E-state index is 0.359. The molecule has 0 aromatic rings. The molecule has 160 valence electrons. The molecule has 0 saturated carbocycles. The van der Waals surface area contributed by atoms with Crippen molar-refractivity contribution in [2.75, 3.05) is 45.9 Å². The average Bonchev–Trinajstić information content (AvgIpc) is 2.55. The summed E-state index contributed by atoms with van der Waals surface area (Å²) in [5.74, 6) is 0. The first-order chi connectivity index (χ1) is 12.7. The molecule has 3 N–H and O–H groups in total. The molecule has 1 aliphatic rings. The summed E-state index contributed by atoms with van der Waals surface area (Å²) in [5.41, 5.74) is -0.457. The van der Waals surface area contributed by atoms with Gasteiger partial charge in [0.15, 0.2) is 0 Å². The number of morpholine rings is 1. The van der Waals surface area contributed by atoms with Gasteiger partial charge >= 0.3 is 6.09 Å². The monoisotopic (exact) mass is 386 g/mol. The van der Waals surface area contributed by atoms with Crippen molar-refractivity contribution in [3.8, 4) is 0 Å². The second kappa shape index (κ2) is 12.5. The van der Waals surface area contributed by atoms with Gasteiger partial charge in [0.2, 0.25) is 0 Å². The number of carbonyl (C=O) groups excluding carboxylic acids is 1. The Morgan fingerprint density at radius 2 is 1.81 bits per heavy atom. The maximum atomic E-state index is 11.7. The number of alkyl carbamates (subject to hydrolysis) is 1. The van der Waals surface area contributed by atoms with Crippen LogP contribution in [0.15, 0.2) is 0 Å². The Morgan fingerprint density at radius 1 is 1.15 bits per heavy atom. The predicted octanol–water partition coefficient (Wildman–Crippen LogP) is 1.97. The van der Waals surface area contributed by atoms with Gasteiger partial charge < -0.3 is 25.4 Å². The molecule has 0 bridgehead atoms. The quantitative estimate of drug-likeness (QED) is 0.472. The van der Waals surface area contributed by atoms with Crippen molar-refractivity contribution in [1.29, 1.82) is 0 Å². The normalized spacial score (nSPS) is 18.3. The Morgan fingerprint density at radius 3 is 2.41 bits per heavy atom. The van der Waals surface area contributed by atoms with Gasteiger partial charge in [-0.15, -0.1) is 0 Å². The minimum Gasteiger partial charge on any atom is -0.444 e. The molecule has 1 rings (SSSR count). The maximum absolute atomic E-state index is 11.7. The highest BCUT2D eigenvalue weighted by molar-refractivity contribution is 5.67. The van der Waals surface area contributed by atoms with Gasteiger partial charge in [-0.05, 0) is 47.1 Å². The Bertz CT molecular complexity index is 407. The maximum Gasteiger partial charge on any atom is 0.407 e. The Kier molecular flexibility index (Phi) is 11.2. The molecule has 7 heteroatoms. The topological polar surface area (TPSA) is 74.9 Å². The third-order valence-electron chi connectivity index (χ3n) is 4.39. The molecule has 7 nitrogen and oxygen atoms in total. The van der Waals surface area contributed by atoms with Crippen molar-refractivity contribution >= 4 is 6.09 Å². The zero-order chi connectivity index (χ0) is 20.3. The summed E-state index contributed by atoms with van der Waals surface area (Å²) in [6.07, 6.45) is 1.84. The molecular weight excluding hydrogens is 344 g/mol. The summed E-state index contributed by atoms with van der Waals surface area (Å²) >= 11 is 0. The molecule has 0 aromatic heterocycles. The first kappa shape index (κ1) is 24.1. The van der Waals surface area contributed by atoms with E-state index in [0.29, 0.717) is 24.7 Å². The van der Waals surface area contributed by atoms with Gasteiger partial charge in [0.1, 0.15) is 5.60 Å². The average molecular weight is 387 g/mol. The van der Waals surface area contributed by atoms with E-state index in [1.54, 1.807) is 0 Å². The molecule has 1 amide bonds. The molecule has 27 heavy (non-hydrogen) atoms. The Hall–Kier alpha value is -0.890. The van der Waals surface area contributed by atoms with Gasteiger partial charge in [0, 0.05) is 44.3 Å². The Balaban J connectivity index is 2.25. The van der Waals surface area contributed by atoms with Gasteiger partial charge in [-0.1, -0.05) is 13.8 Å². The van der Waals surface area contributed by atoms with Crippen LogP contribution in [0, 0.1) is 0 Å². The lowest BCUT2D eigenvalue weighted by Crippen LogP contribution is -2.45. The SMILES string of the molecule is CC(C)NC(CCN1CCOCC1)CC(C)NCCNC(=O)OC(C)(C)C. The number of hydrogen-bond donors (Lipinski definition) is 3. The van der Waals surface area contributed by atoms with Crippen molar-refractivity contribution in [2.45, 2.75) is 78.1 Å². The fraction of sp³-hybridized carbons (Fsp3) is 0.950. The van der Waals surface area contributed by atoms with Gasteiger partial charge in [-0.3, -0.25) is 4.90 Å². The summed E-state index contributed by atoms with van der Waals surface area (Å²) < 4.78 is 10.7. The number of ether oxygens (including phenoxy) is 2. The minimum atomic E-state index is -0.457. The molecule has 2 atom stereocenters. The molecule has 2 unspecified atom stereocenters. The van der Waals surface area contributed by atoms with E-state index in [9.17, 15) is 4.79 Å². The summed E-state index contributed by atoms with van der Waals surface area (Å²) in [7, 11) is 0. The summed E-state index contributed by atoms with van der Waals surface area (Å²) in [6, 6.07) is 1.33. The van der Waals surface area contributed by atoms with E-state index in [1.807, 2.05) is 20.8 Å². The number of carbonyl (C=O) groups is 1. The number of nitrogens with one attached hydrogen (secondary N) is 3. The van der Waals surface area contributed by atoms with E-state index >= 15 is 0 Å². The van der Waals surface area contributed by atoms with Crippen LogP contribution >= 0.6 is 0 Å². The first-order valence-electron chi connectivity index (χ1n) is 10.4. The lowest BCUT2D eigenvalue weighted by atomic mass is 10.0. The van der Waals surface area contributed by atoms with E-state index in [2.05, 4.69) is 41.6 Å². The smallest absolute Gasteiger partial charge is 0.407 e. The van der Waals surface area contributed by atoms with E-state index < -0.39 is 5.60 Å². The molecule has 1 aliphatic heterocycles. The van der Waals surface area contributed by atoms with Gasteiger partial charge in [-0.2, -0.15) is 0 Å². The van der Waals surface area contributed by atoms with Crippen molar-refractivity contribution in [3.05, 3.63) is 0 Å². The molecular formula is C20H42N4O3. The van der Waals surface area contributed by atoms with Crippen LogP contribution in [-0.4, -0.2) is 80.7 Å². The largest absolute Gasteiger partial charge is 0.444 e. The number of rotatable bonds is 11. The van der Waals surface area contributed by atoms with Crippen LogP contribution in [-0.2, 0) is 9.47 Å². The van der Waals surface area contributed by atoms with Crippen LogP contribution in [0.2, 0.25) is 0 Å². The fourth-order valence-electron chi connectivity index (χ4n) is 3.21. The van der Waals surface area contributed by atoms with Crippen LogP contribution < -0.4 is 16.0 Å². The van der Waals surface area contributed by atoms with Crippen molar-refractivity contribution in [2.24, 2.45) is 0 Å². The van der Waals surface area contributed by atoms with Crippen LogP contribution in [0.1, 0.15) is 54.4 Å². The van der Waals surface area contributed by atoms with Crippen LogP contribution in [0.25, 0.3) is 0 Å². The number of hydrogen-bond acceptors (Lipinski definition) is 6. The first-order valence-corrected chi connectivity index (χ1v) is 10.4. The highest BCUT2D eigenvalue weighted by atomic mass is 16.6. The van der Waals surface area contributed by atoms with Crippen LogP contribution in [0.3, 0.4) is 0 Å². The van der Waals surface area contributed by atoms with Crippen LogP contribution in [0.5, 0.6) is 0 Å². The Labute approximate surface area is 165 Å².